The molecule has 0 spiro atoms. The van der Waals surface area contributed by atoms with Crippen LogP contribution in [0.25, 0.3) is 17.3 Å². The molecule has 2 amide bonds. The van der Waals surface area contributed by atoms with E-state index in [4.69, 9.17) is 4.74 Å². The van der Waals surface area contributed by atoms with Crippen LogP contribution >= 0.6 is 11.8 Å². The van der Waals surface area contributed by atoms with Gasteiger partial charge in [-0.2, -0.15) is 0 Å². The fourth-order valence-corrected chi connectivity index (χ4v) is 5.88. The van der Waals surface area contributed by atoms with E-state index in [2.05, 4.69) is 30.5 Å². The Bertz CT molecular complexity index is 1740. The molecule has 3 N–H and O–H groups in total. The number of nitrogens with zero attached hydrogens (tertiary/aromatic N) is 4. The number of carboxylic acid groups (broad SMARTS) is 1. The molecule has 2 aromatic heterocycles. The Hall–Kier alpha value is -5.07. The quantitative estimate of drug-likeness (QED) is 0.196. The van der Waals surface area contributed by atoms with Gasteiger partial charge in [0.2, 0.25) is 5.95 Å². The number of para-hydroxylation sites is 1. The summed E-state index contributed by atoms with van der Waals surface area (Å²) < 4.78 is 5.84. The SMILES string of the molecule is O=C1NC(=O)C(=Cc2ccnc(N3CCC(CNCc4cnc(-c5ccc(Oc6ccccc6)cc5)c(C(=O)O)c4)CC3)n2)S1. The molecule has 2 saturated heterocycles. The number of pyridine rings is 1. The Morgan fingerprint density at radius 2 is 1.80 bits per heavy atom. The Morgan fingerprint density at radius 1 is 1.04 bits per heavy atom. The van der Waals surface area contributed by atoms with Gasteiger partial charge in [0.05, 0.1) is 21.9 Å². The minimum atomic E-state index is -1.03. The molecule has 2 aliphatic rings. The molecule has 2 aliphatic heterocycles. The zero-order chi connectivity index (χ0) is 31.2. The topological polar surface area (TPSA) is 147 Å². The molecular weight excluding hydrogens is 592 g/mol. The number of rotatable bonds is 10. The highest BCUT2D eigenvalue weighted by Crippen LogP contribution is 2.28. The maximum Gasteiger partial charge on any atom is 0.337 e. The van der Waals surface area contributed by atoms with E-state index < -0.39 is 11.9 Å². The summed E-state index contributed by atoms with van der Waals surface area (Å²) in [6.45, 7) is 2.86. The van der Waals surface area contributed by atoms with Gasteiger partial charge in [-0.3, -0.25) is 19.9 Å². The second kappa shape index (κ2) is 13.7. The maximum atomic E-state index is 12.1. The van der Waals surface area contributed by atoms with Gasteiger partial charge < -0.3 is 20.1 Å². The molecule has 228 valence electrons. The zero-order valence-corrected chi connectivity index (χ0v) is 25.0. The summed E-state index contributed by atoms with van der Waals surface area (Å²) in [5.74, 6) is 0.970. The van der Waals surface area contributed by atoms with E-state index in [-0.39, 0.29) is 10.8 Å². The molecule has 11 nitrogen and oxygen atoms in total. The number of carboxylic acids is 1. The van der Waals surface area contributed by atoms with Gasteiger partial charge in [-0.15, -0.1) is 0 Å². The molecule has 2 fully saturated rings. The van der Waals surface area contributed by atoms with Gasteiger partial charge in [0.15, 0.2) is 0 Å². The third-order valence-corrected chi connectivity index (χ3v) is 8.34. The van der Waals surface area contributed by atoms with Gasteiger partial charge in [0.25, 0.3) is 11.1 Å². The van der Waals surface area contributed by atoms with Crippen LogP contribution in [0.3, 0.4) is 0 Å². The molecule has 0 bridgehead atoms. The van der Waals surface area contributed by atoms with E-state index in [1.165, 1.54) is 0 Å². The second-order valence-electron chi connectivity index (χ2n) is 10.7. The summed E-state index contributed by atoms with van der Waals surface area (Å²) >= 11 is 0.862. The Balaban J connectivity index is 1.01. The number of thioether (sulfide) groups is 1. The van der Waals surface area contributed by atoms with E-state index in [9.17, 15) is 19.5 Å². The van der Waals surface area contributed by atoms with E-state index in [1.54, 1.807) is 42.7 Å². The molecule has 4 heterocycles. The smallest absolute Gasteiger partial charge is 0.337 e. The largest absolute Gasteiger partial charge is 0.478 e. The van der Waals surface area contributed by atoms with Gasteiger partial charge in [-0.1, -0.05) is 18.2 Å². The Labute approximate surface area is 263 Å². The van der Waals surface area contributed by atoms with Crippen LogP contribution in [0.4, 0.5) is 10.7 Å². The molecule has 0 unspecified atom stereocenters. The molecule has 0 atom stereocenters. The van der Waals surface area contributed by atoms with Crippen molar-refractivity contribution in [3.63, 3.8) is 0 Å². The van der Waals surface area contributed by atoms with Crippen LogP contribution in [-0.2, 0) is 11.3 Å². The monoisotopic (exact) mass is 622 g/mol. The number of carbonyl (C=O) groups is 3. The number of imide groups is 1. The number of anilines is 1. The summed E-state index contributed by atoms with van der Waals surface area (Å²) in [5, 5.41) is 15.2. The van der Waals surface area contributed by atoms with Crippen molar-refractivity contribution in [3.8, 4) is 22.8 Å². The molecule has 4 aromatic rings. The first-order chi connectivity index (χ1) is 21.9. The number of benzene rings is 2. The van der Waals surface area contributed by atoms with Crippen LogP contribution in [-0.4, -0.2) is 56.8 Å². The average Bonchev–Trinajstić information content (AvgIpc) is 3.38. The van der Waals surface area contributed by atoms with E-state index in [1.807, 2.05) is 42.5 Å². The van der Waals surface area contributed by atoms with Crippen molar-refractivity contribution in [3.05, 3.63) is 101 Å². The normalized spacial score (nSPS) is 16.2. The predicted octanol–water partition coefficient (Wildman–Crippen LogP) is 5.36. The van der Waals surface area contributed by atoms with Crippen LogP contribution in [0.5, 0.6) is 11.5 Å². The fraction of sp³-hybridized carbons (Fsp3) is 0.212. The third-order valence-electron chi connectivity index (χ3n) is 7.53. The molecule has 12 heteroatoms. The van der Waals surface area contributed by atoms with Crippen molar-refractivity contribution >= 4 is 40.9 Å². The predicted molar refractivity (Wildman–Crippen MR) is 171 cm³/mol. The van der Waals surface area contributed by atoms with Crippen molar-refractivity contribution < 1.29 is 24.2 Å². The highest BCUT2D eigenvalue weighted by Gasteiger charge is 2.26. The lowest BCUT2D eigenvalue weighted by Crippen LogP contribution is -2.38. The minimum Gasteiger partial charge on any atom is -0.478 e. The van der Waals surface area contributed by atoms with Gasteiger partial charge in [0.1, 0.15) is 11.5 Å². The van der Waals surface area contributed by atoms with Crippen molar-refractivity contribution in [2.24, 2.45) is 5.92 Å². The summed E-state index contributed by atoms with van der Waals surface area (Å²) in [5.41, 5.74) is 2.63. The third kappa shape index (κ3) is 7.54. The number of ether oxygens (including phenoxy) is 1. The van der Waals surface area contributed by atoms with E-state index in [0.29, 0.717) is 46.0 Å². The van der Waals surface area contributed by atoms with Crippen LogP contribution in [0.15, 0.2) is 84.0 Å². The van der Waals surface area contributed by atoms with Gasteiger partial charge >= 0.3 is 5.97 Å². The number of aromatic carboxylic acids is 1. The molecule has 45 heavy (non-hydrogen) atoms. The first kappa shape index (κ1) is 30.0. The maximum absolute atomic E-state index is 12.1. The van der Waals surface area contributed by atoms with Crippen molar-refractivity contribution in [2.45, 2.75) is 19.4 Å². The van der Waals surface area contributed by atoms with Crippen LogP contribution in [0, 0.1) is 5.92 Å². The highest BCUT2D eigenvalue weighted by atomic mass is 32.2. The van der Waals surface area contributed by atoms with E-state index >= 15 is 0 Å². The number of carbonyl (C=O) groups excluding carboxylic acids is 2. The first-order valence-corrected chi connectivity index (χ1v) is 15.3. The summed E-state index contributed by atoms with van der Waals surface area (Å²) in [4.78, 5) is 51.3. The van der Waals surface area contributed by atoms with Crippen LogP contribution in [0.2, 0.25) is 0 Å². The summed E-state index contributed by atoms with van der Waals surface area (Å²) in [7, 11) is 0. The fourth-order valence-electron chi connectivity index (χ4n) is 5.21. The average molecular weight is 623 g/mol. The van der Waals surface area contributed by atoms with Gasteiger partial charge in [0, 0.05) is 37.6 Å². The highest BCUT2D eigenvalue weighted by molar-refractivity contribution is 8.18. The first-order valence-electron chi connectivity index (χ1n) is 14.5. The van der Waals surface area contributed by atoms with Crippen molar-refractivity contribution in [2.75, 3.05) is 24.5 Å². The molecule has 0 radical (unpaired) electrons. The molecule has 0 aliphatic carbocycles. The molecular formula is C33H30N6O5S. The van der Waals surface area contributed by atoms with E-state index in [0.717, 1.165) is 55.6 Å². The molecule has 2 aromatic carbocycles. The second-order valence-corrected chi connectivity index (χ2v) is 11.7. The number of piperidine rings is 1. The lowest BCUT2D eigenvalue weighted by atomic mass is 9.97. The Kier molecular flexibility index (Phi) is 9.13. The number of hydrogen-bond acceptors (Lipinski definition) is 10. The molecule has 6 rings (SSSR count). The number of aromatic nitrogens is 3. The number of hydrogen-bond donors (Lipinski definition) is 3. The molecule has 0 saturated carbocycles. The number of amides is 2. The summed E-state index contributed by atoms with van der Waals surface area (Å²) in [6, 6.07) is 20.1. The lowest BCUT2D eigenvalue weighted by molar-refractivity contribution is -0.115. The standard InChI is InChI=1S/C33H30N6O5S/c40-30-28(45-33(43)38-30)17-24-10-13-35-32(37-24)39-14-11-21(12-15-39)18-34-19-22-16-27(31(41)42)29(36-20-22)23-6-8-26(9-7-23)44-25-4-2-1-3-5-25/h1-10,13,16-17,20-21,34H,11-12,14-15,18-19H2,(H,41,42)(H,38,40,43). The summed E-state index contributed by atoms with van der Waals surface area (Å²) in [6.07, 6.45) is 6.85. The lowest BCUT2D eigenvalue weighted by Gasteiger charge is -2.32. The van der Waals surface area contributed by atoms with Crippen LogP contribution in [0.1, 0.15) is 34.5 Å². The van der Waals surface area contributed by atoms with Gasteiger partial charge in [-0.25, -0.2) is 14.8 Å². The zero-order valence-electron chi connectivity index (χ0n) is 24.2. The van der Waals surface area contributed by atoms with Gasteiger partial charge in [-0.05, 0) is 97.2 Å². The minimum absolute atomic E-state index is 0.149. The van der Waals surface area contributed by atoms with Crippen LogP contribution < -0.4 is 20.3 Å². The van der Waals surface area contributed by atoms with Crippen molar-refractivity contribution in [1.29, 1.82) is 0 Å². The Morgan fingerprint density at radius 3 is 2.51 bits per heavy atom. The number of nitrogens with one attached hydrogen (secondary N) is 2. The van der Waals surface area contributed by atoms with Crippen molar-refractivity contribution in [1.82, 2.24) is 25.6 Å².